The number of aliphatic hydroxyl groups excluding tert-OH is 1. The average Bonchev–Trinajstić information content (AvgIpc) is 2.89. The van der Waals surface area contributed by atoms with Gasteiger partial charge in [-0.15, -0.1) is 11.3 Å². The average molecular weight is 316 g/mol. The monoisotopic (exact) mass is 316 g/mol. The standard InChI is InChI=1S/C14H15F3N2OS/c15-14(16,17)13-19-12(10-5-2-1-3-6-10)11(21-13)9-18-7-4-8-20/h1-3,5-6,18,20H,4,7-9H2. The Morgan fingerprint density at radius 1 is 1.19 bits per heavy atom. The number of nitrogens with one attached hydrogen (secondary N) is 1. The maximum Gasteiger partial charge on any atom is 0.443 e. The van der Waals surface area contributed by atoms with Crippen molar-refractivity contribution in [2.24, 2.45) is 0 Å². The Labute approximate surface area is 124 Å². The van der Waals surface area contributed by atoms with Crippen molar-refractivity contribution in [3.05, 3.63) is 40.2 Å². The zero-order chi connectivity index (χ0) is 15.3. The SMILES string of the molecule is OCCCNCc1sc(C(F)(F)F)nc1-c1ccccc1. The summed E-state index contributed by atoms with van der Waals surface area (Å²) in [5.41, 5.74) is 1.03. The van der Waals surface area contributed by atoms with Crippen molar-refractivity contribution >= 4 is 11.3 Å². The number of thiazole rings is 1. The summed E-state index contributed by atoms with van der Waals surface area (Å²) in [4.78, 5) is 4.30. The number of halogens is 3. The van der Waals surface area contributed by atoms with Crippen LogP contribution < -0.4 is 5.32 Å². The second-order valence-corrected chi connectivity index (χ2v) is 5.49. The smallest absolute Gasteiger partial charge is 0.396 e. The van der Waals surface area contributed by atoms with Crippen LogP contribution in [-0.4, -0.2) is 23.2 Å². The number of rotatable bonds is 6. The second-order valence-electron chi connectivity index (χ2n) is 4.41. The number of aliphatic hydroxyl groups is 1. The van der Waals surface area contributed by atoms with Crippen LogP contribution in [0, 0.1) is 0 Å². The minimum atomic E-state index is -4.43. The van der Waals surface area contributed by atoms with Gasteiger partial charge in [-0.1, -0.05) is 30.3 Å². The van der Waals surface area contributed by atoms with Crippen LogP contribution in [0.5, 0.6) is 0 Å². The van der Waals surface area contributed by atoms with E-state index in [0.29, 0.717) is 47.0 Å². The topological polar surface area (TPSA) is 45.1 Å². The molecule has 0 aliphatic heterocycles. The van der Waals surface area contributed by atoms with Crippen LogP contribution in [0.25, 0.3) is 11.3 Å². The fourth-order valence-electron chi connectivity index (χ4n) is 1.82. The molecule has 0 aliphatic carbocycles. The van der Waals surface area contributed by atoms with Crippen molar-refractivity contribution in [1.29, 1.82) is 0 Å². The van der Waals surface area contributed by atoms with Crippen LogP contribution in [0.3, 0.4) is 0 Å². The van der Waals surface area contributed by atoms with Crippen LogP contribution in [0.4, 0.5) is 13.2 Å². The molecule has 1 aromatic heterocycles. The van der Waals surface area contributed by atoms with E-state index in [4.69, 9.17) is 5.11 Å². The first-order valence-electron chi connectivity index (χ1n) is 6.46. The molecule has 2 N–H and O–H groups in total. The molecule has 1 aromatic carbocycles. The summed E-state index contributed by atoms with van der Waals surface area (Å²) < 4.78 is 38.5. The minimum Gasteiger partial charge on any atom is -0.396 e. The Kier molecular flexibility index (Phi) is 5.33. The van der Waals surface area contributed by atoms with E-state index < -0.39 is 11.2 Å². The molecule has 0 unspecified atom stereocenters. The molecule has 7 heteroatoms. The molecule has 0 radical (unpaired) electrons. The van der Waals surface area contributed by atoms with Gasteiger partial charge in [-0.25, -0.2) is 4.98 Å². The molecule has 1 heterocycles. The van der Waals surface area contributed by atoms with Crippen molar-refractivity contribution in [2.75, 3.05) is 13.2 Å². The summed E-state index contributed by atoms with van der Waals surface area (Å²) in [6.07, 6.45) is -3.87. The molecule has 0 saturated carbocycles. The minimum absolute atomic E-state index is 0.0506. The van der Waals surface area contributed by atoms with Crippen LogP contribution >= 0.6 is 11.3 Å². The predicted octanol–water partition coefficient (Wildman–Crippen LogP) is 3.30. The van der Waals surface area contributed by atoms with Crippen LogP contribution in [-0.2, 0) is 12.7 Å². The zero-order valence-electron chi connectivity index (χ0n) is 11.2. The van der Waals surface area contributed by atoms with Crippen LogP contribution in [0.15, 0.2) is 30.3 Å². The van der Waals surface area contributed by atoms with E-state index in [-0.39, 0.29) is 6.61 Å². The Morgan fingerprint density at radius 2 is 1.90 bits per heavy atom. The van der Waals surface area contributed by atoms with Gasteiger partial charge in [0.05, 0.1) is 5.69 Å². The normalized spacial score (nSPS) is 11.8. The first kappa shape index (κ1) is 15.9. The summed E-state index contributed by atoms with van der Waals surface area (Å²) in [5, 5.41) is 10.9. The molecule has 0 fully saturated rings. The highest BCUT2D eigenvalue weighted by Crippen LogP contribution is 2.37. The Balaban J connectivity index is 2.26. The maximum atomic E-state index is 12.8. The van der Waals surface area contributed by atoms with Gasteiger partial charge in [-0.3, -0.25) is 0 Å². The van der Waals surface area contributed by atoms with Gasteiger partial charge in [-0.2, -0.15) is 13.2 Å². The number of hydrogen-bond donors (Lipinski definition) is 2. The molecule has 0 atom stereocenters. The second kappa shape index (κ2) is 7.02. The van der Waals surface area contributed by atoms with E-state index in [1.807, 2.05) is 0 Å². The summed E-state index contributed by atoms with van der Waals surface area (Å²) >= 11 is 0.658. The maximum absolute atomic E-state index is 12.8. The number of hydrogen-bond acceptors (Lipinski definition) is 4. The lowest BCUT2D eigenvalue weighted by Crippen LogP contribution is -2.15. The molecule has 3 nitrogen and oxygen atoms in total. The van der Waals surface area contributed by atoms with Crippen molar-refractivity contribution in [1.82, 2.24) is 10.3 Å². The summed E-state index contributed by atoms with van der Waals surface area (Å²) in [7, 11) is 0. The lowest BCUT2D eigenvalue weighted by Gasteiger charge is -2.04. The first-order valence-corrected chi connectivity index (χ1v) is 7.28. The number of alkyl halides is 3. The molecule has 2 rings (SSSR count). The molecule has 114 valence electrons. The van der Waals surface area contributed by atoms with Crippen LogP contribution in [0.1, 0.15) is 16.3 Å². The van der Waals surface area contributed by atoms with Gasteiger partial charge in [0.15, 0.2) is 5.01 Å². The lowest BCUT2D eigenvalue weighted by atomic mass is 10.1. The van der Waals surface area contributed by atoms with E-state index in [2.05, 4.69) is 10.3 Å². The van der Waals surface area contributed by atoms with Gasteiger partial charge in [0.25, 0.3) is 0 Å². The molecule has 0 saturated heterocycles. The van der Waals surface area contributed by atoms with Crippen molar-refractivity contribution in [3.63, 3.8) is 0 Å². The van der Waals surface area contributed by atoms with E-state index in [1.165, 1.54) is 0 Å². The Bertz CT molecular complexity index is 569. The fraction of sp³-hybridized carbons (Fsp3) is 0.357. The van der Waals surface area contributed by atoms with Gasteiger partial charge in [0.1, 0.15) is 0 Å². The largest absolute Gasteiger partial charge is 0.443 e. The number of benzene rings is 1. The summed E-state index contributed by atoms with van der Waals surface area (Å²) in [6.45, 7) is 0.900. The van der Waals surface area contributed by atoms with Gasteiger partial charge in [-0.05, 0) is 13.0 Å². The number of aromatic nitrogens is 1. The Morgan fingerprint density at radius 3 is 2.52 bits per heavy atom. The quantitative estimate of drug-likeness (QED) is 0.804. The van der Waals surface area contributed by atoms with Gasteiger partial charge in [0.2, 0.25) is 0 Å². The zero-order valence-corrected chi connectivity index (χ0v) is 12.0. The van der Waals surface area contributed by atoms with E-state index in [1.54, 1.807) is 30.3 Å². The first-order chi connectivity index (χ1) is 10.0. The molecule has 0 bridgehead atoms. The molecule has 0 spiro atoms. The van der Waals surface area contributed by atoms with Gasteiger partial charge < -0.3 is 10.4 Å². The summed E-state index contributed by atoms with van der Waals surface area (Å²) in [5.74, 6) is 0. The van der Waals surface area contributed by atoms with Crippen molar-refractivity contribution < 1.29 is 18.3 Å². The molecule has 0 amide bonds. The van der Waals surface area contributed by atoms with Gasteiger partial charge >= 0.3 is 6.18 Å². The molecule has 0 aliphatic rings. The van der Waals surface area contributed by atoms with E-state index >= 15 is 0 Å². The predicted molar refractivity (Wildman–Crippen MR) is 76.0 cm³/mol. The third kappa shape index (κ3) is 4.26. The fourth-order valence-corrected chi connectivity index (χ4v) is 2.74. The van der Waals surface area contributed by atoms with Crippen molar-refractivity contribution in [2.45, 2.75) is 19.1 Å². The highest BCUT2D eigenvalue weighted by molar-refractivity contribution is 7.12. The molecule has 21 heavy (non-hydrogen) atoms. The molecule has 2 aromatic rings. The molecular weight excluding hydrogens is 301 g/mol. The molecular formula is C14H15F3N2OS. The highest BCUT2D eigenvalue weighted by atomic mass is 32.1. The third-order valence-corrected chi connectivity index (χ3v) is 3.88. The summed E-state index contributed by atoms with van der Waals surface area (Å²) in [6, 6.07) is 8.83. The van der Waals surface area contributed by atoms with E-state index in [9.17, 15) is 13.2 Å². The van der Waals surface area contributed by atoms with Crippen molar-refractivity contribution in [3.8, 4) is 11.3 Å². The highest BCUT2D eigenvalue weighted by Gasteiger charge is 2.36. The number of nitrogens with zero attached hydrogens (tertiary/aromatic N) is 1. The third-order valence-electron chi connectivity index (χ3n) is 2.78. The van der Waals surface area contributed by atoms with Crippen LogP contribution in [0.2, 0.25) is 0 Å². The Hall–Kier alpha value is -1.44. The van der Waals surface area contributed by atoms with Gasteiger partial charge in [0, 0.05) is 23.6 Å². The van der Waals surface area contributed by atoms with E-state index in [0.717, 1.165) is 0 Å². The lowest BCUT2D eigenvalue weighted by molar-refractivity contribution is -0.137.